The van der Waals surface area contributed by atoms with Crippen LogP contribution < -0.4 is 5.73 Å². The maximum absolute atomic E-state index is 5.86. The van der Waals surface area contributed by atoms with Gasteiger partial charge in [0.2, 0.25) is 0 Å². The number of nitrogens with zero attached hydrogens (tertiary/aromatic N) is 1. The van der Waals surface area contributed by atoms with Crippen LogP contribution in [0.15, 0.2) is 24.5 Å². The van der Waals surface area contributed by atoms with Crippen molar-refractivity contribution in [3.63, 3.8) is 0 Å². The molecule has 0 radical (unpaired) electrons. The minimum absolute atomic E-state index is 0.0765. The van der Waals surface area contributed by atoms with Gasteiger partial charge in [-0.3, -0.25) is 4.98 Å². The topological polar surface area (TPSA) is 38.9 Å². The third kappa shape index (κ3) is 4.90. The summed E-state index contributed by atoms with van der Waals surface area (Å²) in [5, 5.41) is 0. The SMILES string of the molecule is CC(C)(N)CSCc1cccnc1. The summed E-state index contributed by atoms with van der Waals surface area (Å²) in [6.45, 7) is 4.09. The molecule has 0 amide bonds. The number of hydrogen-bond acceptors (Lipinski definition) is 3. The first-order valence-corrected chi connectivity index (χ1v) is 5.49. The summed E-state index contributed by atoms with van der Waals surface area (Å²) in [5.41, 5.74) is 7.05. The monoisotopic (exact) mass is 196 g/mol. The zero-order chi connectivity index (χ0) is 9.73. The second kappa shape index (κ2) is 4.63. The molecule has 0 unspecified atom stereocenters. The van der Waals surface area contributed by atoms with Crippen LogP contribution in [0.5, 0.6) is 0 Å². The van der Waals surface area contributed by atoms with Crippen molar-refractivity contribution in [3.8, 4) is 0 Å². The maximum atomic E-state index is 5.86. The number of aromatic nitrogens is 1. The Labute approximate surface area is 83.9 Å². The van der Waals surface area contributed by atoms with Gasteiger partial charge in [0.05, 0.1) is 0 Å². The van der Waals surface area contributed by atoms with Gasteiger partial charge in [-0.25, -0.2) is 0 Å². The molecule has 72 valence electrons. The molecule has 0 spiro atoms. The lowest BCUT2D eigenvalue weighted by Crippen LogP contribution is -2.34. The summed E-state index contributed by atoms with van der Waals surface area (Å²) < 4.78 is 0. The fourth-order valence-electron chi connectivity index (χ4n) is 0.915. The Morgan fingerprint density at radius 2 is 2.31 bits per heavy atom. The quantitative estimate of drug-likeness (QED) is 0.801. The van der Waals surface area contributed by atoms with Crippen LogP contribution in [0.25, 0.3) is 0 Å². The first-order valence-electron chi connectivity index (χ1n) is 4.33. The highest BCUT2D eigenvalue weighted by Crippen LogP contribution is 2.15. The van der Waals surface area contributed by atoms with Crippen molar-refractivity contribution in [1.82, 2.24) is 4.98 Å². The first kappa shape index (κ1) is 10.5. The summed E-state index contributed by atoms with van der Waals surface area (Å²) >= 11 is 1.85. The van der Waals surface area contributed by atoms with E-state index in [0.29, 0.717) is 0 Å². The zero-order valence-corrected chi connectivity index (χ0v) is 8.97. The molecule has 0 bridgehead atoms. The van der Waals surface area contributed by atoms with Crippen molar-refractivity contribution in [2.45, 2.75) is 25.1 Å². The van der Waals surface area contributed by atoms with Gasteiger partial charge in [0, 0.05) is 29.4 Å². The Bertz CT molecular complexity index is 241. The fourth-order valence-corrected chi connectivity index (χ4v) is 1.95. The van der Waals surface area contributed by atoms with Crippen LogP contribution in [0.1, 0.15) is 19.4 Å². The van der Waals surface area contributed by atoms with E-state index < -0.39 is 0 Å². The summed E-state index contributed by atoms with van der Waals surface area (Å²) in [7, 11) is 0. The lowest BCUT2D eigenvalue weighted by molar-refractivity contribution is 0.591. The predicted octanol–water partition coefficient (Wildman–Crippen LogP) is 2.05. The summed E-state index contributed by atoms with van der Waals surface area (Å²) in [5.74, 6) is 1.97. The lowest BCUT2D eigenvalue weighted by atomic mass is 10.1. The zero-order valence-electron chi connectivity index (χ0n) is 8.16. The van der Waals surface area contributed by atoms with Gasteiger partial charge in [0.15, 0.2) is 0 Å². The smallest absolute Gasteiger partial charge is 0.0308 e. The molecule has 3 heteroatoms. The highest BCUT2D eigenvalue weighted by atomic mass is 32.2. The Balaban J connectivity index is 2.29. The maximum Gasteiger partial charge on any atom is 0.0308 e. The van der Waals surface area contributed by atoms with Gasteiger partial charge < -0.3 is 5.73 Å². The second-order valence-electron chi connectivity index (χ2n) is 3.84. The standard InChI is InChI=1S/C10H16N2S/c1-10(2,11)8-13-7-9-4-3-5-12-6-9/h3-6H,7-8,11H2,1-2H3. The molecule has 0 atom stereocenters. The van der Waals surface area contributed by atoms with E-state index in [1.165, 1.54) is 5.56 Å². The lowest BCUT2D eigenvalue weighted by Gasteiger charge is -2.17. The van der Waals surface area contributed by atoms with Gasteiger partial charge in [-0.1, -0.05) is 6.07 Å². The van der Waals surface area contributed by atoms with E-state index in [4.69, 9.17) is 5.73 Å². The Morgan fingerprint density at radius 3 is 2.85 bits per heavy atom. The number of rotatable bonds is 4. The molecule has 1 aromatic rings. The van der Waals surface area contributed by atoms with Crippen LogP contribution >= 0.6 is 11.8 Å². The van der Waals surface area contributed by atoms with Gasteiger partial charge in [0.1, 0.15) is 0 Å². The number of thioether (sulfide) groups is 1. The molecule has 0 fully saturated rings. The Kier molecular flexibility index (Phi) is 3.75. The molecule has 1 heterocycles. The third-order valence-electron chi connectivity index (χ3n) is 1.47. The molecule has 0 aliphatic carbocycles. The average Bonchev–Trinajstić information content (AvgIpc) is 2.04. The van der Waals surface area contributed by atoms with Gasteiger partial charge >= 0.3 is 0 Å². The van der Waals surface area contributed by atoms with Crippen molar-refractivity contribution in [2.75, 3.05) is 5.75 Å². The average molecular weight is 196 g/mol. The van der Waals surface area contributed by atoms with Crippen LogP contribution in [-0.4, -0.2) is 16.3 Å². The molecule has 13 heavy (non-hydrogen) atoms. The molecule has 0 aromatic carbocycles. The summed E-state index contributed by atoms with van der Waals surface area (Å²) in [4.78, 5) is 4.06. The van der Waals surface area contributed by atoms with Crippen molar-refractivity contribution < 1.29 is 0 Å². The van der Waals surface area contributed by atoms with Crippen molar-refractivity contribution in [3.05, 3.63) is 30.1 Å². The first-order chi connectivity index (χ1) is 6.08. The minimum atomic E-state index is -0.0765. The molecule has 1 aromatic heterocycles. The van der Waals surface area contributed by atoms with Crippen LogP contribution in [0, 0.1) is 0 Å². The summed E-state index contributed by atoms with van der Waals surface area (Å²) in [6, 6.07) is 4.05. The molecule has 1 rings (SSSR count). The minimum Gasteiger partial charge on any atom is -0.325 e. The Hall–Kier alpha value is -0.540. The molecule has 0 saturated carbocycles. The second-order valence-corrected chi connectivity index (χ2v) is 4.83. The number of nitrogens with two attached hydrogens (primary N) is 1. The van der Waals surface area contributed by atoms with Crippen molar-refractivity contribution >= 4 is 11.8 Å². The summed E-state index contributed by atoms with van der Waals surface area (Å²) in [6.07, 6.45) is 3.69. The van der Waals surface area contributed by atoms with E-state index in [1.807, 2.05) is 37.9 Å². The van der Waals surface area contributed by atoms with Crippen LogP contribution in [0.2, 0.25) is 0 Å². The highest BCUT2D eigenvalue weighted by Gasteiger charge is 2.09. The van der Waals surface area contributed by atoms with Gasteiger partial charge in [-0.15, -0.1) is 0 Å². The van der Waals surface area contributed by atoms with E-state index >= 15 is 0 Å². The van der Waals surface area contributed by atoms with E-state index in [9.17, 15) is 0 Å². The predicted molar refractivity (Wildman–Crippen MR) is 58.7 cm³/mol. The van der Waals surface area contributed by atoms with Gasteiger partial charge in [0.25, 0.3) is 0 Å². The van der Waals surface area contributed by atoms with Crippen LogP contribution in [0.3, 0.4) is 0 Å². The molecule has 2 N–H and O–H groups in total. The van der Waals surface area contributed by atoms with Gasteiger partial charge in [-0.2, -0.15) is 11.8 Å². The molecular formula is C10H16N2S. The van der Waals surface area contributed by atoms with E-state index in [2.05, 4.69) is 11.1 Å². The third-order valence-corrected chi connectivity index (χ3v) is 2.95. The van der Waals surface area contributed by atoms with Crippen molar-refractivity contribution in [2.24, 2.45) is 5.73 Å². The van der Waals surface area contributed by atoms with E-state index in [0.717, 1.165) is 11.5 Å². The number of hydrogen-bond donors (Lipinski definition) is 1. The molecule has 0 aliphatic rings. The normalized spacial score (nSPS) is 11.6. The highest BCUT2D eigenvalue weighted by molar-refractivity contribution is 7.98. The van der Waals surface area contributed by atoms with Crippen LogP contribution in [-0.2, 0) is 5.75 Å². The van der Waals surface area contributed by atoms with Crippen LogP contribution in [0.4, 0.5) is 0 Å². The molecule has 2 nitrogen and oxygen atoms in total. The molecule has 0 saturated heterocycles. The number of pyridine rings is 1. The largest absolute Gasteiger partial charge is 0.325 e. The molecular weight excluding hydrogens is 180 g/mol. The Morgan fingerprint density at radius 1 is 1.54 bits per heavy atom. The van der Waals surface area contributed by atoms with Gasteiger partial charge in [-0.05, 0) is 25.5 Å². The van der Waals surface area contributed by atoms with E-state index in [-0.39, 0.29) is 5.54 Å². The molecule has 0 aliphatic heterocycles. The van der Waals surface area contributed by atoms with E-state index in [1.54, 1.807) is 6.20 Å². The van der Waals surface area contributed by atoms with Crippen molar-refractivity contribution in [1.29, 1.82) is 0 Å². The fraction of sp³-hybridized carbons (Fsp3) is 0.500.